The van der Waals surface area contributed by atoms with Gasteiger partial charge in [0.25, 0.3) is 0 Å². The van der Waals surface area contributed by atoms with Crippen molar-refractivity contribution in [3.05, 3.63) is 54.1 Å². The second-order valence-corrected chi connectivity index (χ2v) is 3.67. The van der Waals surface area contributed by atoms with Crippen molar-refractivity contribution in [3.8, 4) is 0 Å². The number of benzene rings is 1. The van der Waals surface area contributed by atoms with Crippen LogP contribution < -0.4 is 0 Å². The lowest BCUT2D eigenvalue weighted by atomic mass is 9.99. The number of carbonyl (C=O) groups is 1. The summed E-state index contributed by atoms with van der Waals surface area (Å²) in [7, 11) is 0. The molecule has 2 aromatic rings. The molecule has 0 aliphatic rings. The highest BCUT2D eigenvalue weighted by Gasteiger charge is 2.23. The van der Waals surface area contributed by atoms with Crippen LogP contribution in [0.5, 0.6) is 0 Å². The van der Waals surface area contributed by atoms with Gasteiger partial charge in [-0.25, -0.2) is 13.8 Å². The van der Waals surface area contributed by atoms with E-state index >= 15 is 0 Å². The van der Waals surface area contributed by atoms with Crippen LogP contribution in [-0.4, -0.2) is 15.5 Å². The fourth-order valence-electron chi connectivity index (χ4n) is 1.66. The summed E-state index contributed by atoms with van der Waals surface area (Å²) in [4.78, 5) is 15.6. The Hall–Kier alpha value is -2.04. The minimum absolute atomic E-state index is 0.216. The average Bonchev–Trinajstić information content (AvgIpc) is 2.81. The van der Waals surface area contributed by atoms with Gasteiger partial charge >= 0.3 is 0 Å². The normalized spacial score (nSPS) is 12.4. The molecular weight excluding hydrogens is 226 g/mol. The third-order valence-corrected chi connectivity index (χ3v) is 2.56. The molecule has 1 aromatic heterocycles. The number of nitrogens with zero attached hydrogens (tertiary/aromatic N) is 2. The van der Waals surface area contributed by atoms with E-state index in [2.05, 4.69) is 4.98 Å². The van der Waals surface area contributed by atoms with Gasteiger partial charge in [-0.2, -0.15) is 0 Å². The van der Waals surface area contributed by atoms with Crippen LogP contribution in [0, 0.1) is 11.6 Å². The monoisotopic (exact) mass is 236 g/mol. The topological polar surface area (TPSA) is 34.9 Å². The molecule has 0 amide bonds. The minimum Gasteiger partial charge on any atom is -0.276 e. The van der Waals surface area contributed by atoms with E-state index in [1.54, 1.807) is 0 Å². The molecule has 0 saturated heterocycles. The maximum atomic E-state index is 13.5. The summed E-state index contributed by atoms with van der Waals surface area (Å²) < 4.78 is 28.2. The molecular formula is C12H10F2N2O. The number of halogens is 2. The molecule has 0 aliphatic heterocycles. The molecule has 0 saturated carbocycles. The predicted molar refractivity (Wildman–Crippen MR) is 57.6 cm³/mol. The standard InChI is InChI=1S/C12H10F2N2O/c1-8(12(17)16-6-5-15-7-16)11-9(13)3-2-4-10(11)14/h2-8H,1H3. The van der Waals surface area contributed by atoms with Gasteiger partial charge in [0, 0.05) is 18.0 Å². The summed E-state index contributed by atoms with van der Waals surface area (Å²) in [5.74, 6) is -2.76. The lowest BCUT2D eigenvalue weighted by Gasteiger charge is -2.12. The van der Waals surface area contributed by atoms with E-state index in [1.165, 1.54) is 36.3 Å². The zero-order valence-electron chi connectivity index (χ0n) is 9.10. The van der Waals surface area contributed by atoms with Crippen molar-refractivity contribution in [3.63, 3.8) is 0 Å². The van der Waals surface area contributed by atoms with Crippen LogP contribution in [0.2, 0.25) is 0 Å². The molecule has 0 N–H and O–H groups in total. The molecule has 0 bridgehead atoms. The van der Waals surface area contributed by atoms with E-state index in [1.807, 2.05) is 0 Å². The zero-order valence-corrected chi connectivity index (χ0v) is 9.10. The molecule has 2 rings (SSSR count). The van der Waals surface area contributed by atoms with E-state index in [0.717, 1.165) is 12.1 Å². The van der Waals surface area contributed by atoms with Crippen LogP contribution in [0.3, 0.4) is 0 Å². The first-order valence-electron chi connectivity index (χ1n) is 5.07. The fraction of sp³-hybridized carbons (Fsp3) is 0.167. The number of hydrogen-bond acceptors (Lipinski definition) is 2. The highest BCUT2D eigenvalue weighted by molar-refractivity contribution is 5.85. The molecule has 1 unspecified atom stereocenters. The molecule has 5 heteroatoms. The van der Waals surface area contributed by atoms with E-state index in [0.29, 0.717) is 0 Å². The first kappa shape index (κ1) is 11.4. The molecule has 0 radical (unpaired) electrons. The van der Waals surface area contributed by atoms with Crippen LogP contribution in [0.25, 0.3) is 0 Å². The summed E-state index contributed by atoms with van der Waals surface area (Å²) in [6, 6.07) is 3.54. The maximum Gasteiger partial charge on any atom is 0.239 e. The fourth-order valence-corrected chi connectivity index (χ4v) is 1.66. The van der Waals surface area contributed by atoms with Gasteiger partial charge in [0.1, 0.15) is 18.0 Å². The first-order chi connectivity index (χ1) is 8.11. The zero-order chi connectivity index (χ0) is 12.4. The van der Waals surface area contributed by atoms with E-state index in [9.17, 15) is 13.6 Å². The van der Waals surface area contributed by atoms with Crippen LogP contribution in [-0.2, 0) is 0 Å². The Balaban J connectivity index is 2.38. The van der Waals surface area contributed by atoms with Gasteiger partial charge in [0.2, 0.25) is 5.91 Å². The molecule has 0 fully saturated rings. The summed E-state index contributed by atoms with van der Waals surface area (Å²) in [6.07, 6.45) is 4.18. The molecule has 1 atom stereocenters. The van der Waals surface area contributed by atoms with Crippen LogP contribution in [0.4, 0.5) is 8.78 Å². The Morgan fingerprint density at radius 1 is 1.35 bits per heavy atom. The Labute approximate surface area is 96.7 Å². The second kappa shape index (κ2) is 4.45. The molecule has 0 aliphatic carbocycles. The quantitative estimate of drug-likeness (QED) is 0.803. The molecule has 0 spiro atoms. The van der Waals surface area contributed by atoms with Crippen molar-refractivity contribution in [2.75, 3.05) is 0 Å². The molecule has 1 aromatic carbocycles. The van der Waals surface area contributed by atoms with Crippen molar-refractivity contribution in [1.29, 1.82) is 0 Å². The summed E-state index contributed by atoms with van der Waals surface area (Å²) in [5.41, 5.74) is -0.216. The van der Waals surface area contributed by atoms with Gasteiger partial charge in [-0.3, -0.25) is 9.36 Å². The third kappa shape index (κ3) is 2.08. The smallest absolute Gasteiger partial charge is 0.239 e. The predicted octanol–water partition coefficient (Wildman–Crippen LogP) is 2.61. The average molecular weight is 236 g/mol. The van der Waals surface area contributed by atoms with E-state index < -0.39 is 23.5 Å². The highest BCUT2D eigenvalue weighted by Crippen LogP contribution is 2.23. The summed E-state index contributed by atoms with van der Waals surface area (Å²) in [5, 5.41) is 0. The summed E-state index contributed by atoms with van der Waals surface area (Å²) >= 11 is 0. The maximum absolute atomic E-state index is 13.5. The van der Waals surface area contributed by atoms with Gasteiger partial charge in [0.15, 0.2) is 0 Å². The van der Waals surface area contributed by atoms with Gasteiger partial charge in [-0.1, -0.05) is 6.07 Å². The number of rotatable bonds is 2. The van der Waals surface area contributed by atoms with E-state index in [4.69, 9.17) is 0 Å². The molecule has 1 heterocycles. The Bertz CT molecular complexity index is 517. The third-order valence-electron chi connectivity index (χ3n) is 2.56. The number of imidazole rings is 1. The highest BCUT2D eigenvalue weighted by atomic mass is 19.1. The van der Waals surface area contributed by atoms with Crippen molar-refractivity contribution < 1.29 is 13.6 Å². The molecule has 17 heavy (non-hydrogen) atoms. The number of carbonyl (C=O) groups excluding carboxylic acids is 1. The van der Waals surface area contributed by atoms with Crippen molar-refractivity contribution >= 4 is 5.91 Å². The lowest BCUT2D eigenvalue weighted by molar-refractivity contribution is 0.0880. The summed E-state index contributed by atoms with van der Waals surface area (Å²) in [6.45, 7) is 1.46. The van der Waals surface area contributed by atoms with Crippen molar-refractivity contribution in [1.82, 2.24) is 9.55 Å². The van der Waals surface area contributed by atoms with Crippen molar-refractivity contribution in [2.24, 2.45) is 0 Å². The molecule has 3 nitrogen and oxygen atoms in total. The first-order valence-corrected chi connectivity index (χ1v) is 5.07. The number of hydrogen-bond donors (Lipinski definition) is 0. The van der Waals surface area contributed by atoms with Gasteiger partial charge in [-0.15, -0.1) is 0 Å². The van der Waals surface area contributed by atoms with Crippen LogP contribution in [0.15, 0.2) is 36.9 Å². The van der Waals surface area contributed by atoms with Gasteiger partial charge < -0.3 is 0 Å². The Morgan fingerprint density at radius 2 is 2.00 bits per heavy atom. The van der Waals surface area contributed by atoms with Crippen molar-refractivity contribution in [2.45, 2.75) is 12.8 Å². The van der Waals surface area contributed by atoms with Gasteiger partial charge in [0.05, 0.1) is 5.92 Å². The number of aromatic nitrogens is 2. The largest absolute Gasteiger partial charge is 0.276 e. The minimum atomic E-state index is -0.898. The van der Waals surface area contributed by atoms with Crippen LogP contribution >= 0.6 is 0 Å². The Morgan fingerprint density at radius 3 is 2.53 bits per heavy atom. The Kier molecular flexibility index (Phi) is 2.99. The van der Waals surface area contributed by atoms with Gasteiger partial charge in [-0.05, 0) is 19.1 Å². The second-order valence-electron chi connectivity index (χ2n) is 3.67. The van der Waals surface area contributed by atoms with Crippen LogP contribution in [0.1, 0.15) is 23.2 Å². The SMILES string of the molecule is CC(C(=O)n1ccnc1)c1c(F)cccc1F. The molecule has 88 valence electrons. The lowest BCUT2D eigenvalue weighted by Crippen LogP contribution is -2.18. The van der Waals surface area contributed by atoms with E-state index in [-0.39, 0.29) is 5.56 Å².